The summed E-state index contributed by atoms with van der Waals surface area (Å²) in [4.78, 5) is 11.5. The van der Waals surface area contributed by atoms with Gasteiger partial charge in [0.05, 0.1) is 13.2 Å². The van der Waals surface area contributed by atoms with Crippen molar-refractivity contribution in [3.8, 4) is 0 Å². The van der Waals surface area contributed by atoms with Crippen molar-refractivity contribution in [1.82, 2.24) is 0 Å². The van der Waals surface area contributed by atoms with E-state index in [1.807, 2.05) is 0 Å². The zero-order chi connectivity index (χ0) is 23.5. The molecule has 0 amide bonds. The van der Waals surface area contributed by atoms with Crippen LogP contribution in [-0.2, 0) is 9.47 Å². The number of allylic oxidation sites excluding steroid dienone is 12. The van der Waals surface area contributed by atoms with Gasteiger partial charge in [-0.1, -0.05) is 100 Å². The van der Waals surface area contributed by atoms with Gasteiger partial charge in [-0.05, 0) is 63.7 Å². The summed E-state index contributed by atoms with van der Waals surface area (Å²) in [6.45, 7) is 7.21. The van der Waals surface area contributed by atoms with E-state index in [4.69, 9.17) is 9.47 Å². The average molecular weight is 443 g/mol. The van der Waals surface area contributed by atoms with E-state index in [9.17, 15) is 4.79 Å². The fourth-order valence-electron chi connectivity index (χ4n) is 2.69. The third kappa shape index (κ3) is 22.4. The molecule has 0 aromatic heterocycles. The monoisotopic (exact) mass is 442 g/mol. The molecule has 0 radical (unpaired) electrons. The van der Waals surface area contributed by atoms with Crippen molar-refractivity contribution in [1.29, 1.82) is 0 Å². The first-order valence-electron chi connectivity index (χ1n) is 12.4. The number of hydrogen-bond acceptors (Lipinski definition) is 3. The lowest BCUT2D eigenvalue weighted by molar-refractivity contribution is 0.0433. The maximum Gasteiger partial charge on any atom is 0.508 e. The Morgan fingerprint density at radius 2 is 1.12 bits per heavy atom. The maximum absolute atomic E-state index is 11.5. The Bertz CT molecular complexity index is 594. The molecule has 1 atom stereocenters. The van der Waals surface area contributed by atoms with E-state index in [1.165, 1.54) is 0 Å². The van der Waals surface area contributed by atoms with Crippen molar-refractivity contribution >= 4 is 6.16 Å². The molecule has 0 fully saturated rings. The molecular weight excluding hydrogens is 396 g/mol. The number of carbonyl (C=O) groups excluding carboxylic acids is 1. The molecule has 0 aromatic rings. The van der Waals surface area contributed by atoms with E-state index in [1.54, 1.807) is 0 Å². The van der Waals surface area contributed by atoms with Crippen LogP contribution in [0.3, 0.4) is 0 Å². The highest BCUT2D eigenvalue weighted by atomic mass is 16.7. The molecule has 3 nitrogen and oxygen atoms in total. The van der Waals surface area contributed by atoms with Crippen LogP contribution in [0.5, 0.6) is 0 Å². The normalized spacial score (nSPS) is 13.6. The summed E-state index contributed by atoms with van der Waals surface area (Å²) in [5, 5.41) is 0. The molecule has 0 aromatic carbocycles. The van der Waals surface area contributed by atoms with Gasteiger partial charge >= 0.3 is 6.16 Å². The van der Waals surface area contributed by atoms with Gasteiger partial charge < -0.3 is 9.47 Å². The Balaban J connectivity index is 3.76. The highest BCUT2D eigenvalue weighted by Gasteiger charge is 2.09. The van der Waals surface area contributed by atoms with Crippen LogP contribution in [0.25, 0.3) is 0 Å². The minimum absolute atomic E-state index is 0.346. The minimum Gasteiger partial charge on any atom is -0.434 e. The molecule has 32 heavy (non-hydrogen) atoms. The summed E-state index contributed by atoms with van der Waals surface area (Å²) < 4.78 is 10.2. The van der Waals surface area contributed by atoms with Crippen molar-refractivity contribution < 1.29 is 14.3 Å². The van der Waals surface area contributed by atoms with E-state index >= 15 is 0 Å². The summed E-state index contributed by atoms with van der Waals surface area (Å²) in [5.41, 5.74) is 0. The number of ether oxygens (including phenoxy) is 2. The second-order valence-corrected chi connectivity index (χ2v) is 7.69. The Hall–Kier alpha value is -2.29. The second kappa shape index (κ2) is 25.0. The zero-order valence-corrected chi connectivity index (χ0v) is 20.7. The lowest BCUT2D eigenvalue weighted by atomic mass is 10.0. The predicted molar refractivity (Wildman–Crippen MR) is 139 cm³/mol. The topological polar surface area (TPSA) is 35.5 Å². The van der Waals surface area contributed by atoms with Crippen LogP contribution in [-0.4, -0.2) is 19.4 Å². The first-order valence-corrected chi connectivity index (χ1v) is 12.4. The first kappa shape index (κ1) is 29.7. The highest BCUT2D eigenvalue weighted by Crippen LogP contribution is 2.10. The Morgan fingerprint density at radius 1 is 0.656 bits per heavy atom. The molecule has 0 heterocycles. The van der Waals surface area contributed by atoms with E-state index in [0.29, 0.717) is 19.1 Å². The van der Waals surface area contributed by atoms with Crippen molar-refractivity contribution in [3.63, 3.8) is 0 Å². The summed E-state index contributed by atoms with van der Waals surface area (Å²) in [5.74, 6) is 0.346. The van der Waals surface area contributed by atoms with Gasteiger partial charge in [0.15, 0.2) is 0 Å². The zero-order valence-electron chi connectivity index (χ0n) is 20.7. The third-order valence-corrected chi connectivity index (χ3v) is 4.80. The van der Waals surface area contributed by atoms with Gasteiger partial charge in [0.1, 0.15) is 0 Å². The summed E-state index contributed by atoms with van der Waals surface area (Å²) in [6, 6.07) is 0. The van der Waals surface area contributed by atoms with Gasteiger partial charge in [-0.15, -0.1) is 0 Å². The fourth-order valence-corrected chi connectivity index (χ4v) is 2.69. The molecule has 0 aliphatic carbocycles. The number of hydrogen-bond donors (Lipinski definition) is 0. The summed E-state index contributed by atoms with van der Waals surface area (Å²) in [6.07, 6.45) is 35.7. The molecule has 0 rings (SSSR count). The second-order valence-electron chi connectivity index (χ2n) is 7.69. The molecule has 0 aliphatic rings. The average Bonchev–Trinajstić information content (AvgIpc) is 2.80. The van der Waals surface area contributed by atoms with Crippen molar-refractivity contribution in [2.24, 2.45) is 5.92 Å². The summed E-state index contributed by atoms with van der Waals surface area (Å²) >= 11 is 0. The molecule has 3 heteroatoms. The van der Waals surface area contributed by atoms with Crippen molar-refractivity contribution in [3.05, 3.63) is 72.9 Å². The molecule has 0 saturated heterocycles. The van der Waals surface area contributed by atoms with Gasteiger partial charge in [0.2, 0.25) is 0 Å². The van der Waals surface area contributed by atoms with Crippen LogP contribution in [0, 0.1) is 5.92 Å². The van der Waals surface area contributed by atoms with E-state index in [0.717, 1.165) is 64.2 Å². The molecule has 0 bridgehead atoms. The quantitative estimate of drug-likeness (QED) is 0.114. The number of rotatable bonds is 19. The largest absolute Gasteiger partial charge is 0.508 e. The van der Waals surface area contributed by atoms with E-state index < -0.39 is 6.16 Å². The smallest absolute Gasteiger partial charge is 0.434 e. The standard InChI is InChI=1S/C29H46O3/c1-4-7-9-10-11-12-13-14-15-16-17-18-19-20-21-22-23-24-25-28(6-3)27-32-29(30)31-26-8-5-2/h7,9,11-12,14-15,17-18,20-21,23-24,28H,4-6,8,10,13,16,19,22,25-27H2,1-3H3/b9-7-,12-11-,15-14-,18-17-,21-20-,24-23-. The van der Waals surface area contributed by atoms with Crippen LogP contribution >= 0.6 is 0 Å². The first-order chi connectivity index (χ1) is 15.7. The van der Waals surface area contributed by atoms with E-state index in [2.05, 4.69) is 93.7 Å². The van der Waals surface area contributed by atoms with Gasteiger partial charge in [0, 0.05) is 0 Å². The number of unbranched alkanes of at least 4 members (excludes halogenated alkanes) is 1. The van der Waals surface area contributed by atoms with Crippen LogP contribution < -0.4 is 0 Å². The lowest BCUT2D eigenvalue weighted by Crippen LogP contribution is -2.15. The molecule has 0 N–H and O–H groups in total. The molecule has 0 aliphatic heterocycles. The SMILES string of the molecule is CC/C=C\C/C=C\C/C=C\C/C=C\C/C=C\C/C=C\CC(CC)COC(=O)OCCCC. The van der Waals surface area contributed by atoms with Gasteiger partial charge in [-0.25, -0.2) is 4.79 Å². The van der Waals surface area contributed by atoms with Crippen LogP contribution in [0.4, 0.5) is 4.79 Å². The van der Waals surface area contributed by atoms with Gasteiger partial charge in [-0.3, -0.25) is 0 Å². The minimum atomic E-state index is -0.542. The Kier molecular flexibility index (Phi) is 23.2. The molecular formula is C29H46O3. The number of carbonyl (C=O) groups is 1. The highest BCUT2D eigenvalue weighted by molar-refractivity contribution is 5.59. The Morgan fingerprint density at radius 3 is 1.56 bits per heavy atom. The van der Waals surface area contributed by atoms with Crippen molar-refractivity contribution in [2.75, 3.05) is 13.2 Å². The van der Waals surface area contributed by atoms with E-state index in [-0.39, 0.29) is 0 Å². The maximum atomic E-state index is 11.5. The predicted octanol–water partition coefficient (Wildman–Crippen LogP) is 9.05. The molecule has 180 valence electrons. The van der Waals surface area contributed by atoms with Crippen LogP contribution in [0.1, 0.15) is 85.0 Å². The molecule has 0 spiro atoms. The van der Waals surface area contributed by atoms with Crippen LogP contribution in [0.15, 0.2) is 72.9 Å². The summed E-state index contributed by atoms with van der Waals surface area (Å²) in [7, 11) is 0. The van der Waals surface area contributed by atoms with Gasteiger partial charge in [0.25, 0.3) is 0 Å². The lowest BCUT2D eigenvalue weighted by Gasteiger charge is -2.12. The van der Waals surface area contributed by atoms with Crippen LogP contribution in [0.2, 0.25) is 0 Å². The fraction of sp³-hybridized carbons (Fsp3) is 0.552. The van der Waals surface area contributed by atoms with Crippen molar-refractivity contribution in [2.45, 2.75) is 85.0 Å². The molecule has 1 unspecified atom stereocenters. The third-order valence-electron chi connectivity index (χ3n) is 4.80. The van der Waals surface area contributed by atoms with Gasteiger partial charge in [-0.2, -0.15) is 0 Å². The molecule has 0 saturated carbocycles. The Labute approximate surface area is 197 Å².